The second-order valence-corrected chi connectivity index (χ2v) is 8.56. The van der Waals surface area contributed by atoms with Gasteiger partial charge in [-0.3, -0.25) is 24.1 Å². The summed E-state index contributed by atoms with van der Waals surface area (Å²) in [6.07, 6.45) is 1.54. The molecule has 0 unspecified atom stereocenters. The summed E-state index contributed by atoms with van der Waals surface area (Å²) in [5.41, 5.74) is 1.12. The molecule has 3 amide bonds. The number of carbonyl (C=O) groups is 4. The molecule has 1 N–H and O–H groups in total. The minimum absolute atomic E-state index is 0.0232. The zero-order chi connectivity index (χ0) is 23.3. The zero-order valence-electron chi connectivity index (χ0n) is 16.9. The molecule has 0 atom stereocenters. The molecule has 166 valence electrons. The summed E-state index contributed by atoms with van der Waals surface area (Å²) in [6.45, 7) is 1.33. The first-order valence-corrected chi connectivity index (χ1v) is 11.0. The average Bonchev–Trinajstić information content (AvgIpc) is 3.02. The van der Waals surface area contributed by atoms with Crippen LogP contribution in [0.1, 0.15) is 22.8 Å². The van der Waals surface area contributed by atoms with Crippen LogP contribution in [0.25, 0.3) is 6.08 Å². The third-order valence-corrected chi connectivity index (χ3v) is 5.88. The van der Waals surface area contributed by atoms with Gasteiger partial charge in [0, 0.05) is 28.7 Å². The molecule has 2 aromatic carbocycles. The number of imide groups is 1. The molecule has 10 heteroatoms. The molecule has 1 saturated heterocycles. The summed E-state index contributed by atoms with van der Waals surface area (Å²) in [5, 5.41) is 3.01. The van der Waals surface area contributed by atoms with Crippen LogP contribution in [0.2, 0.25) is 10.0 Å². The van der Waals surface area contributed by atoms with Crippen molar-refractivity contribution < 1.29 is 23.9 Å². The van der Waals surface area contributed by atoms with Crippen molar-refractivity contribution in [2.45, 2.75) is 6.92 Å². The van der Waals surface area contributed by atoms with E-state index in [-0.39, 0.29) is 30.4 Å². The van der Waals surface area contributed by atoms with Crippen LogP contribution in [0.5, 0.6) is 5.75 Å². The molecule has 0 bridgehead atoms. The highest BCUT2D eigenvalue weighted by Gasteiger charge is 2.34. The normalized spacial score (nSPS) is 14.7. The number of ketones is 1. The van der Waals surface area contributed by atoms with Crippen LogP contribution in [-0.4, -0.2) is 47.4 Å². The third-order valence-electron chi connectivity index (χ3n) is 4.41. The van der Waals surface area contributed by atoms with Crippen molar-refractivity contribution in [3.8, 4) is 5.75 Å². The van der Waals surface area contributed by atoms with Gasteiger partial charge in [0.25, 0.3) is 17.1 Å². The predicted molar refractivity (Wildman–Crippen MR) is 124 cm³/mol. The fourth-order valence-corrected chi connectivity index (χ4v) is 4.06. The zero-order valence-corrected chi connectivity index (χ0v) is 19.2. The van der Waals surface area contributed by atoms with Gasteiger partial charge in [-0.2, -0.15) is 0 Å². The molecular formula is C22H18Cl2N2O5S. The number of rotatable bonds is 8. The Morgan fingerprint density at radius 1 is 1.12 bits per heavy atom. The van der Waals surface area contributed by atoms with E-state index >= 15 is 0 Å². The van der Waals surface area contributed by atoms with Gasteiger partial charge in [0.1, 0.15) is 5.75 Å². The largest absolute Gasteiger partial charge is 0.484 e. The number of nitrogens with one attached hydrogen (secondary N) is 1. The van der Waals surface area contributed by atoms with Gasteiger partial charge in [-0.05, 0) is 66.7 Å². The number of nitrogens with zero attached hydrogens (tertiary/aromatic N) is 1. The van der Waals surface area contributed by atoms with Crippen molar-refractivity contribution in [3.63, 3.8) is 0 Å². The number of halogens is 2. The van der Waals surface area contributed by atoms with E-state index in [1.807, 2.05) is 0 Å². The van der Waals surface area contributed by atoms with Gasteiger partial charge < -0.3 is 10.1 Å². The molecule has 0 radical (unpaired) electrons. The Kier molecular flexibility index (Phi) is 7.95. The maximum absolute atomic E-state index is 12.5. The lowest BCUT2D eigenvalue weighted by molar-refractivity contribution is -0.125. The highest BCUT2D eigenvalue weighted by molar-refractivity contribution is 8.18. The van der Waals surface area contributed by atoms with Crippen LogP contribution >= 0.6 is 35.0 Å². The minimum Gasteiger partial charge on any atom is -0.484 e. The van der Waals surface area contributed by atoms with E-state index in [0.29, 0.717) is 26.9 Å². The number of benzene rings is 2. The van der Waals surface area contributed by atoms with Crippen LogP contribution in [0.3, 0.4) is 0 Å². The van der Waals surface area contributed by atoms with Crippen molar-refractivity contribution in [1.29, 1.82) is 0 Å². The molecule has 32 heavy (non-hydrogen) atoms. The quantitative estimate of drug-likeness (QED) is 0.432. The number of amides is 3. The summed E-state index contributed by atoms with van der Waals surface area (Å²) >= 11 is 12.8. The summed E-state index contributed by atoms with van der Waals surface area (Å²) in [6, 6.07) is 11.3. The van der Waals surface area contributed by atoms with Gasteiger partial charge in [-0.25, -0.2) is 0 Å². The number of ether oxygens (including phenoxy) is 1. The smallest absolute Gasteiger partial charge is 0.293 e. The number of Topliss-reactive ketones (excluding diaryl/α,β-unsaturated/α-hetero) is 1. The molecule has 1 aliphatic rings. The Morgan fingerprint density at radius 3 is 2.50 bits per heavy atom. The van der Waals surface area contributed by atoms with Crippen LogP contribution in [0.4, 0.5) is 4.79 Å². The van der Waals surface area contributed by atoms with Gasteiger partial charge in [0.15, 0.2) is 12.4 Å². The summed E-state index contributed by atoms with van der Waals surface area (Å²) in [7, 11) is 0. The first-order valence-electron chi connectivity index (χ1n) is 9.45. The number of hydrogen-bond acceptors (Lipinski definition) is 6. The predicted octanol–water partition coefficient (Wildman–Crippen LogP) is 4.43. The SMILES string of the molecule is CC(=O)c1ccc(OCC(=O)NCCN2C(=O)S/C(=C\c3ccc(Cl)cc3Cl)C2=O)cc1. The Balaban J connectivity index is 1.48. The van der Waals surface area contributed by atoms with Gasteiger partial charge in [0.05, 0.1) is 4.91 Å². The molecule has 1 fully saturated rings. The monoisotopic (exact) mass is 492 g/mol. The molecule has 7 nitrogen and oxygen atoms in total. The lowest BCUT2D eigenvalue weighted by Gasteiger charge is -2.13. The van der Waals surface area contributed by atoms with Gasteiger partial charge in [0.2, 0.25) is 0 Å². The van der Waals surface area contributed by atoms with Gasteiger partial charge in [-0.15, -0.1) is 0 Å². The second kappa shape index (κ2) is 10.7. The number of thioether (sulfide) groups is 1. The summed E-state index contributed by atoms with van der Waals surface area (Å²) in [5.74, 6) is -0.479. The van der Waals surface area contributed by atoms with Crippen molar-refractivity contribution in [2.75, 3.05) is 19.7 Å². The van der Waals surface area contributed by atoms with Gasteiger partial charge >= 0.3 is 0 Å². The van der Waals surface area contributed by atoms with Crippen molar-refractivity contribution in [2.24, 2.45) is 0 Å². The Bertz CT molecular complexity index is 1100. The third kappa shape index (κ3) is 6.12. The molecular weight excluding hydrogens is 475 g/mol. The lowest BCUT2D eigenvalue weighted by Crippen LogP contribution is -2.38. The van der Waals surface area contributed by atoms with Crippen molar-refractivity contribution in [1.82, 2.24) is 10.2 Å². The van der Waals surface area contributed by atoms with E-state index in [1.165, 1.54) is 13.0 Å². The second-order valence-electron chi connectivity index (χ2n) is 6.72. The Hall–Kier alpha value is -2.81. The molecule has 0 spiro atoms. The minimum atomic E-state index is -0.456. The highest BCUT2D eigenvalue weighted by Crippen LogP contribution is 2.33. The summed E-state index contributed by atoms with van der Waals surface area (Å²) < 4.78 is 5.36. The van der Waals surface area contributed by atoms with E-state index in [4.69, 9.17) is 27.9 Å². The van der Waals surface area contributed by atoms with Gasteiger partial charge in [-0.1, -0.05) is 29.3 Å². The first kappa shape index (κ1) is 23.8. The molecule has 1 heterocycles. The van der Waals surface area contributed by atoms with E-state index in [1.54, 1.807) is 42.5 Å². The fourth-order valence-electron chi connectivity index (χ4n) is 2.75. The lowest BCUT2D eigenvalue weighted by atomic mass is 10.1. The maximum Gasteiger partial charge on any atom is 0.293 e. The topological polar surface area (TPSA) is 92.8 Å². The highest BCUT2D eigenvalue weighted by atomic mass is 35.5. The fraction of sp³-hybridized carbons (Fsp3) is 0.182. The molecule has 3 rings (SSSR count). The standard InChI is InChI=1S/C22H18Cl2N2O5S/c1-13(27)14-3-6-17(7-4-14)31-12-20(28)25-8-9-26-21(29)19(32-22(26)30)10-15-2-5-16(23)11-18(15)24/h2-7,10-11H,8-9,12H2,1H3,(H,25,28)/b19-10-. The number of carbonyl (C=O) groups excluding carboxylic acids is 4. The molecule has 1 aliphatic heterocycles. The van der Waals surface area contributed by atoms with Crippen LogP contribution in [0, 0.1) is 0 Å². The maximum atomic E-state index is 12.5. The van der Waals surface area contributed by atoms with E-state index in [9.17, 15) is 19.2 Å². The molecule has 0 saturated carbocycles. The molecule has 2 aromatic rings. The Labute approximate surface area is 198 Å². The van der Waals surface area contributed by atoms with Crippen molar-refractivity contribution >= 4 is 63.9 Å². The van der Waals surface area contributed by atoms with E-state index < -0.39 is 17.1 Å². The van der Waals surface area contributed by atoms with E-state index in [0.717, 1.165) is 16.7 Å². The van der Waals surface area contributed by atoms with Crippen molar-refractivity contribution in [3.05, 3.63) is 68.5 Å². The summed E-state index contributed by atoms with van der Waals surface area (Å²) in [4.78, 5) is 49.3. The number of hydrogen-bond donors (Lipinski definition) is 1. The molecule has 0 aromatic heterocycles. The first-order chi connectivity index (χ1) is 15.2. The average molecular weight is 493 g/mol. The van der Waals surface area contributed by atoms with Crippen LogP contribution < -0.4 is 10.1 Å². The molecule has 0 aliphatic carbocycles. The van der Waals surface area contributed by atoms with Crippen LogP contribution in [0.15, 0.2) is 47.4 Å². The Morgan fingerprint density at radius 2 is 1.84 bits per heavy atom. The van der Waals surface area contributed by atoms with E-state index in [2.05, 4.69) is 5.32 Å². The van der Waals surface area contributed by atoms with Crippen LogP contribution in [-0.2, 0) is 9.59 Å².